The van der Waals surface area contributed by atoms with Gasteiger partial charge in [0.1, 0.15) is 0 Å². The Bertz CT molecular complexity index is 442. The van der Waals surface area contributed by atoms with Gasteiger partial charge >= 0.3 is 0 Å². The van der Waals surface area contributed by atoms with Crippen LogP contribution in [0.4, 0.5) is 5.69 Å². The van der Waals surface area contributed by atoms with Crippen LogP contribution in [0, 0.1) is 10.1 Å². The third-order valence-electron chi connectivity index (χ3n) is 3.56. The maximum absolute atomic E-state index is 10.9. The van der Waals surface area contributed by atoms with Gasteiger partial charge in [-0.15, -0.1) is 0 Å². The van der Waals surface area contributed by atoms with Crippen LogP contribution in [0.15, 0.2) is 24.3 Å². The molecule has 1 fully saturated rings. The fraction of sp³-hybridized carbons (Fsp3) is 0.571. The lowest BCUT2D eigenvalue weighted by molar-refractivity contribution is -0.385. The lowest BCUT2D eigenvalue weighted by Gasteiger charge is -2.23. The average Bonchev–Trinajstić information content (AvgIpc) is 2.82. The second kappa shape index (κ2) is 6.12. The molecule has 0 aromatic heterocycles. The Labute approximate surface area is 113 Å². The summed E-state index contributed by atoms with van der Waals surface area (Å²) < 4.78 is 5.68. The van der Waals surface area contributed by atoms with Gasteiger partial charge in [-0.25, -0.2) is 0 Å². The van der Waals surface area contributed by atoms with Crippen molar-refractivity contribution in [3.05, 3.63) is 39.9 Å². The Morgan fingerprint density at radius 3 is 2.95 bits per heavy atom. The SMILES string of the molecule is CC1(CNCCc2ccccc2[N+](=O)[O-])CCCO1. The lowest BCUT2D eigenvalue weighted by atomic mass is 10.0. The van der Waals surface area contributed by atoms with Gasteiger partial charge in [-0.1, -0.05) is 18.2 Å². The zero-order valence-electron chi connectivity index (χ0n) is 11.2. The van der Waals surface area contributed by atoms with E-state index in [4.69, 9.17) is 4.74 Å². The molecule has 0 bridgehead atoms. The zero-order chi connectivity index (χ0) is 13.7. The molecule has 1 N–H and O–H groups in total. The Hall–Kier alpha value is -1.46. The Balaban J connectivity index is 1.81. The van der Waals surface area contributed by atoms with Gasteiger partial charge in [-0.2, -0.15) is 0 Å². The van der Waals surface area contributed by atoms with Gasteiger partial charge in [-0.3, -0.25) is 10.1 Å². The molecule has 1 atom stereocenters. The minimum atomic E-state index is -0.323. The van der Waals surface area contributed by atoms with Crippen molar-refractivity contribution >= 4 is 5.69 Å². The molecule has 104 valence electrons. The monoisotopic (exact) mass is 264 g/mol. The smallest absolute Gasteiger partial charge is 0.272 e. The van der Waals surface area contributed by atoms with Crippen molar-refractivity contribution < 1.29 is 9.66 Å². The molecule has 0 aliphatic carbocycles. The first-order chi connectivity index (χ1) is 9.11. The highest BCUT2D eigenvalue weighted by atomic mass is 16.6. The number of rotatable bonds is 6. The topological polar surface area (TPSA) is 64.4 Å². The fourth-order valence-electron chi connectivity index (χ4n) is 2.45. The molecule has 1 unspecified atom stereocenters. The summed E-state index contributed by atoms with van der Waals surface area (Å²) in [5.41, 5.74) is 0.910. The summed E-state index contributed by atoms with van der Waals surface area (Å²) >= 11 is 0. The average molecular weight is 264 g/mol. The lowest BCUT2D eigenvalue weighted by Crippen LogP contribution is -2.37. The van der Waals surface area contributed by atoms with Crippen molar-refractivity contribution in [2.75, 3.05) is 19.7 Å². The molecule has 1 aliphatic rings. The van der Waals surface area contributed by atoms with Crippen molar-refractivity contribution in [3.8, 4) is 0 Å². The molecule has 1 heterocycles. The number of nitrogens with one attached hydrogen (secondary N) is 1. The molecule has 1 aliphatic heterocycles. The van der Waals surface area contributed by atoms with E-state index in [1.165, 1.54) is 0 Å². The van der Waals surface area contributed by atoms with Gasteiger partial charge in [0, 0.05) is 24.8 Å². The summed E-state index contributed by atoms with van der Waals surface area (Å²) in [6.07, 6.45) is 2.85. The van der Waals surface area contributed by atoms with Gasteiger partial charge in [0.05, 0.1) is 10.5 Å². The van der Waals surface area contributed by atoms with Crippen LogP contribution in [-0.2, 0) is 11.2 Å². The highest BCUT2D eigenvalue weighted by Gasteiger charge is 2.28. The van der Waals surface area contributed by atoms with E-state index in [1.807, 2.05) is 12.1 Å². The molecule has 1 aromatic rings. The van der Waals surface area contributed by atoms with Gasteiger partial charge in [-0.05, 0) is 32.7 Å². The maximum atomic E-state index is 10.9. The van der Waals surface area contributed by atoms with Crippen LogP contribution in [0.1, 0.15) is 25.3 Å². The minimum absolute atomic E-state index is 0.0668. The standard InChI is InChI=1S/C14H20N2O3/c1-14(8-4-10-19-14)11-15-9-7-12-5-2-3-6-13(12)16(17)18/h2-3,5-6,15H,4,7-11H2,1H3. The molecule has 19 heavy (non-hydrogen) atoms. The molecule has 5 nitrogen and oxygen atoms in total. The fourth-order valence-corrected chi connectivity index (χ4v) is 2.45. The number of nitrogens with zero attached hydrogens (tertiary/aromatic N) is 1. The van der Waals surface area contributed by atoms with Gasteiger partial charge in [0.15, 0.2) is 0 Å². The Kier molecular flexibility index (Phi) is 4.50. The Morgan fingerprint density at radius 2 is 2.26 bits per heavy atom. The van der Waals surface area contributed by atoms with E-state index in [1.54, 1.807) is 12.1 Å². The molecule has 0 amide bonds. The second-order valence-corrected chi connectivity index (χ2v) is 5.21. The molecular formula is C14H20N2O3. The van der Waals surface area contributed by atoms with Gasteiger partial charge < -0.3 is 10.1 Å². The van der Waals surface area contributed by atoms with Crippen molar-refractivity contribution in [1.29, 1.82) is 0 Å². The number of nitro groups is 1. The second-order valence-electron chi connectivity index (χ2n) is 5.21. The molecule has 0 radical (unpaired) electrons. The summed E-state index contributed by atoms with van der Waals surface area (Å²) in [4.78, 5) is 10.6. The zero-order valence-corrected chi connectivity index (χ0v) is 11.2. The van der Waals surface area contributed by atoms with E-state index in [9.17, 15) is 10.1 Å². The van der Waals surface area contributed by atoms with Crippen LogP contribution in [0.5, 0.6) is 0 Å². The predicted molar refractivity (Wildman–Crippen MR) is 73.3 cm³/mol. The first kappa shape index (κ1) is 14.0. The Morgan fingerprint density at radius 1 is 1.47 bits per heavy atom. The molecule has 2 rings (SSSR count). The van der Waals surface area contributed by atoms with Crippen LogP contribution in [0.3, 0.4) is 0 Å². The largest absolute Gasteiger partial charge is 0.374 e. The van der Waals surface area contributed by atoms with E-state index in [0.717, 1.165) is 38.1 Å². The van der Waals surface area contributed by atoms with E-state index in [0.29, 0.717) is 6.42 Å². The summed E-state index contributed by atoms with van der Waals surface area (Å²) in [6, 6.07) is 6.90. The first-order valence-corrected chi connectivity index (χ1v) is 6.68. The van der Waals surface area contributed by atoms with Crippen LogP contribution in [-0.4, -0.2) is 30.2 Å². The quantitative estimate of drug-likeness (QED) is 0.486. The van der Waals surface area contributed by atoms with Crippen molar-refractivity contribution in [2.45, 2.75) is 31.8 Å². The minimum Gasteiger partial charge on any atom is -0.374 e. The summed E-state index contributed by atoms with van der Waals surface area (Å²) in [7, 11) is 0. The van der Waals surface area contributed by atoms with E-state index in [-0.39, 0.29) is 16.2 Å². The van der Waals surface area contributed by atoms with Crippen molar-refractivity contribution in [3.63, 3.8) is 0 Å². The molecule has 1 aromatic carbocycles. The van der Waals surface area contributed by atoms with Crippen LogP contribution >= 0.6 is 0 Å². The van der Waals surface area contributed by atoms with Crippen molar-refractivity contribution in [1.82, 2.24) is 5.32 Å². The molecular weight excluding hydrogens is 244 g/mol. The predicted octanol–water partition coefficient (Wildman–Crippen LogP) is 2.30. The third-order valence-corrected chi connectivity index (χ3v) is 3.56. The van der Waals surface area contributed by atoms with Crippen LogP contribution in [0.2, 0.25) is 0 Å². The van der Waals surface area contributed by atoms with Crippen LogP contribution in [0.25, 0.3) is 0 Å². The summed E-state index contributed by atoms with van der Waals surface area (Å²) in [5.74, 6) is 0. The number of benzene rings is 1. The van der Waals surface area contributed by atoms with Gasteiger partial charge in [0.25, 0.3) is 5.69 Å². The van der Waals surface area contributed by atoms with E-state index in [2.05, 4.69) is 12.2 Å². The number of ether oxygens (including phenoxy) is 1. The van der Waals surface area contributed by atoms with Crippen molar-refractivity contribution in [2.24, 2.45) is 0 Å². The third kappa shape index (κ3) is 3.75. The maximum Gasteiger partial charge on any atom is 0.272 e. The molecule has 5 heteroatoms. The summed E-state index contributed by atoms with van der Waals surface area (Å²) in [5, 5.41) is 14.2. The number of para-hydroxylation sites is 1. The molecule has 0 saturated carbocycles. The number of hydrogen-bond acceptors (Lipinski definition) is 4. The van der Waals surface area contributed by atoms with E-state index >= 15 is 0 Å². The molecule has 1 saturated heterocycles. The highest BCUT2D eigenvalue weighted by Crippen LogP contribution is 2.24. The normalized spacial score (nSPS) is 22.6. The number of nitro benzene ring substituents is 1. The molecule has 0 spiro atoms. The highest BCUT2D eigenvalue weighted by molar-refractivity contribution is 5.39. The number of hydrogen-bond donors (Lipinski definition) is 1. The van der Waals surface area contributed by atoms with E-state index < -0.39 is 0 Å². The first-order valence-electron chi connectivity index (χ1n) is 6.68. The van der Waals surface area contributed by atoms with Gasteiger partial charge in [0.2, 0.25) is 0 Å². The summed E-state index contributed by atoms with van der Waals surface area (Å²) in [6.45, 7) is 4.47. The van der Waals surface area contributed by atoms with Crippen LogP contribution < -0.4 is 5.32 Å².